The van der Waals surface area contributed by atoms with Crippen molar-refractivity contribution in [2.75, 3.05) is 0 Å². The summed E-state index contributed by atoms with van der Waals surface area (Å²) < 4.78 is 0.973. The molecule has 1 unspecified atom stereocenters. The van der Waals surface area contributed by atoms with E-state index >= 15 is 0 Å². The molecule has 3 rings (SSSR count). The zero-order valence-electron chi connectivity index (χ0n) is 12.9. The number of Topliss-reactive ketones (excluding diaryl/α,β-unsaturated/α-hetero) is 1. The second-order valence-corrected chi connectivity index (χ2v) is 7.70. The largest absolute Gasteiger partial charge is 0.293 e. The van der Waals surface area contributed by atoms with Crippen LogP contribution >= 0.6 is 27.7 Å². The number of hydrogen-bond donors (Lipinski definition) is 0. The number of ketones is 1. The van der Waals surface area contributed by atoms with Gasteiger partial charge in [0, 0.05) is 15.4 Å². The molecule has 0 bridgehead atoms. The maximum Gasteiger partial charge on any atom is 0.175 e. The molecule has 2 aromatic carbocycles. The molecular formula is C19H16BrNOS. The lowest BCUT2D eigenvalue weighted by molar-refractivity contribution is 0.0994. The molecule has 0 spiro atoms. The first kappa shape index (κ1) is 16.2. The van der Waals surface area contributed by atoms with Crippen molar-refractivity contribution in [3.63, 3.8) is 0 Å². The Bertz CT molecular complexity index is 861. The lowest BCUT2D eigenvalue weighted by Gasteiger charge is -2.11. The molecule has 0 aliphatic heterocycles. The highest BCUT2D eigenvalue weighted by Crippen LogP contribution is 2.28. The molecule has 1 heterocycles. The second kappa shape index (κ2) is 6.85. The van der Waals surface area contributed by atoms with E-state index in [1.165, 1.54) is 17.3 Å². The Balaban J connectivity index is 1.83. The highest BCUT2D eigenvalue weighted by molar-refractivity contribution is 9.10. The lowest BCUT2D eigenvalue weighted by atomic mass is 10.1. The molecule has 0 N–H and O–H groups in total. The zero-order chi connectivity index (χ0) is 16.4. The van der Waals surface area contributed by atoms with E-state index in [2.05, 4.69) is 40.0 Å². The van der Waals surface area contributed by atoms with E-state index in [-0.39, 0.29) is 11.0 Å². The zero-order valence-corrected chi connectivity index (χ0v) is 15.3. The standard InChI is InChI=1S/C19H16BrNOS/c1-12-11-18(21-17-6-4-3-5-16(12)17)23-13(2)19(22)14-7-9-15(20)10-8-14/h3-11,13H,1-2H3. The Kier molecular flexibility index (Phi) is 4.83. The summed E-state index contributed by atoms with van der Waals surface area (Å²) in [6, 6.07) is 17.6. The molecule has 3 aromatic rings. The number of pyridine rings is 1. The molecule has 0 radical (unpaired) electrons. The van der Waals surface area contributed by atoms with Crippen molar-refractivity contribution in [2.24, 2.45) is 0 Å². The minimum atomic E-state index is -0.177. The number of nitrogens with zero attached hydrogens (tertiary/aromatic N) is 1. The van der Waals surface area contributed by atoms with Crippen LogP contribution < -0.4 is 0 Å². The Morgan fingerprint density at radius 1 is 1.13 bits per heavy atom. The average Bonchev–Trinajstić information content (AvgIpc) is 2.55. The van der Waals surface area contributed by atoms with Gasteiger partial charge in [-0.1, -0.05) is 58.0 Å². The quantitative estimate of drug-likeness (QED) is 0.428. The first-order chi connectivity index (χ1) is 11.0. The number of hydrogen-bond acceptors (Lipinski definition) is 3. The molecule has 0 saturated heterocycles. The van der Waals surface area contributed by atoms with Crippen molar-refractivity contribution in [3.05, 3.63) is 70.2 Å². The molecule has 0 aliphatic rings. The van der Waals surface area contributed by atoms with Gasteiger partial charge < -0.3 is 0 Å². The predicted molar refractivity (Wildman–Crippen MR) is 100 cm³/mol. The molecule has 0 fully saturated rings. The van der Waals surface area contributed by atoms with Crippen LogP contribution in [0.4, 0.5) is 0 Å². The van der Waals surface area contributed by atoms with E-state index in [0.717, 1.165) is 26.0 Å². The third kappa shape index (κ3) is 3.65. The number of fused-ring (bicyclic) bond motifs is 1. The van der Waals surface area contributed by atoms with Crippen LogP contribution in [0.5, 0.6) is 0 Å². The van der Waals surface area contributed by atoms with Gasteiger partial charge in [-0.3, -0.25) is 4.79 Å². The molecule has 0 saturated carbocycles. The van der Waals surface area contributed by atoms with Gasteiger partial charge in [-0.25, -0.2) is 4.98 Å². The summed E-state index contributed by atoms with van der Waals surface area (Å²) in [5.74, 6) is 0.120. The van der Waals surface area contributed by atoms with Gasteiger partial charge >= 0.3 is 0 Å². The maximum absolute atomic E-state index is 12.5. The molecule has 1 atom stereocenters. The smallest absolute Gasteiger partial charge is 0.175 e. The maximum atomic E-state index is 12.5. The van der Waals surface area contributed by atoms with Crippen LogP contribution in [-0.2, 0) is 0 Å². The van der Waals surface area contributed by atoms with Crippen LogP contribution in [0.2, 0.25) is 0 Å². The number of benzene rings is 2. The van der Waals surface area contributed by atoms with Crippen molar-refractivity contribution in [1.29, 1.82) is 0 Å². The molecule has 23 heavy (non-hydrogen) atoms. The highest BCUT2D eigenvalue weighted by atomic mass is 79.9. The minimum absolute atomic E-state index is 0.120. The topological polar surface area (TPSA) is 30.0 Å². The van der Waals surface area contributed by atoms with Gasteiger partial charge in [0.15, 0.2) is 5.78 Å². The molecule has 1 aromatic heterocycles. The van der Waals surface area contributed by atoms with Crippen LogP contribution in [0.3, 0.4) is 0 Å². The number of rotatable bonds is 4. The van der Waals surface area contributed by atoms with Gasteiger partial charge in [-0.15, -0.1) is 0 Å². The lowest BCUT2D eigenvalue weighted by Crippen LogP contribution is -2.13. The van der Waals surface area contributed by atoms with Crippen LogP contribution in [0.1, 0.15) is 22.8 Å². The normalized spacial score (nSPS) is 12.3. The highest BCUT2D eigenvalue weighted by Gasteiger charge is 2.17. The second-order valence-electron chi connectivity index (χ2n) is 5.43. The van der Waals surface area contributed by atoms with Crippen LogP contribution in [0, 0.1) is 6.92 Å². The third-order valence-electron chi connectivity index (χ3n) is 3.70. The SMILES string of the molecule is Cc1cc(SC(C)C(=O)c2ccc(Br)cc2)nc2ccccc12. The van der Waals surface area contributed by atoms with Crippen LogP contribution in [-0.4, -0.2) is 16.0 Å². The van der Waals surface area contributed by atoms with Gasteiger partial charge in [0.05, 0.1) is 15.8 Å². The molecule has 116 valence electrons. The summed E-state index contributed by atoms with van der Waals surface area (Å²) in [6.45, 7) is 4.01. The molecular weight excluding hydrogens is 370 g/mol. The van der Waals surface area contributed by atoms with E-state index in [0.29, 0.717) is 0 Å². The average molecular weight is 386 g/mol. The van der Waals surface area contributed by atoms with Gasteiger partial charge in [0.2, 0.25) is 0 Å². The Morgan fingerprint density at radius 3 is 2.57 bits per heavy atom. The molecule has 4 heteroatoms. The van der Waals surface area contributed by atoms with Crippen molar-refractivity contribution < 1.29 is 4.79 Å². The molecule has 0 amide bonds. The Morgan fingerprint density at radius 2 is 1.83 bits per heavy atom. The van der Waals surface area contributed by atoms with Gasteiger partial charge in [-0.2, -0.15) is 0 Å². The number of aromatic nitrogens is 1. The first-order valence-electron chi connectivity index (χ1n) is 7.37. The number of carbonyl (C=O) groups excluding carboxylic acids is 1. The van der Waals surface area contributed by atoms with Gasteiger partial charge in [0.25, 0.3) is 0 Å². The summed E-state index contributed by atoms with van der Waals surface area (Å²) in [6.07, 6.45) is 0. The van der Waals surface area contributed by atoms with Gasteiger partial charge in [0.1, 0.15) is 0 Å². The van der Waals surface area contributed by atoms with E-state index in [4.69, 9.17) is 0 Å². The molecule has 2 nitrogen and oxygen atoms in total. The van der Waals surface area contributed by atoms with Crippen LogP contribution in [0.15, 0.2) is 64.1 Å². The van der Waals surface area contributed by atoms with Crippen molar-refractivity contribution in [3.8, 4) is 0 Å². The fourth-order valence-corrected chi connectivity index (χ4v) is 3.73. The summed E-state index contributed by atoms with van der Waals surface area (Å²) in [5.41, 5.74) is 2.88. The number of aryl methyl sites for hydroxylation is 1. The third-order valence-corrected chi connectivity index (χ3v) is 5.24. The number of halogens is 1. The van der Waals surface area contributed by atoms with Crippen molar-refractivity contribution >= 4 is 44.4 Å². The van der Waals surface area contributed by atoms with Gasteiger partial charge in [-0.05, 0) is 43.7 Å². The number of thioether (sulfide) groups is 1. The monoisotopic (exact) mass is 385 g/mol. The number of para-hydroxylation sites is 1. The fraction of sp³-hybridized carbons (Fsp3) is 0.158. The fourth-order valence-electron chi connectivity index (χ4n) is 2.46. The summed E-state index contributed by atoms with van der Waals surface area (Å²) >= 11 is 4.90. The minimum Gasteiger partial charge on any atom is -0.293 e. The summed E-state index contributed by atoms with van der Waals surface area (Å²) in [4.78, 5) is 17.2. The Labute approximate surface area is 148 Å². The van der Waals surface area contributed by atoms with E-state index in [1.54, 1.807) is 0 Å². The predicted octanol–water partition coefficient (Wildman–Crippen LogP) is 5.67. The van der Waals surface area contributed by atoms with E-state index in [9.17, 15) is 4.79 Å². The van der Waals surface area contributed by atoms with Crippen molar-refractivity contribution in [2.45, 2.75) is 24.1 Å². The van der Waals surface area contributed by atoms with E-state index in [1.807, 2.05) is 49.4 Å². The first-order valence-corrected chi connectivity index (χ1v) is 9.04. The Hall–Kier alpha value is -1.65. The summed E-state index contributed by atoms with van der Waals surface area (Å²) in [5, 5.41) is 1.87. The van der Waals surface area contributed by atoms with E-state index < -0.39 is 0 Å². The summed E-state index contributed by atoms with van der Waals surface area (Å²) in [7, 11) is 0. The molecule has 0 aliphatic carbocycles. The van der Waals surface area contributed by atoms with Crippen molar-refractivity contribution in [1.82, 2.24) is 4.98 Å². The number of carbonyl (C=O) groups is 1. The van der Waals surface area contributed by atoms with Crippen LogP contribution in [0.25, 0.3) is 10.9 Å².